The molecule has 0 amide bonds. The molecule has 2 saturated carbocycles. The van der Waals surface area contributed by atoms with Crippen LogP contribution in [0.25, 0.3) is 0 Å². The second-order valence-electron chi connectivity index (χ2n) is 5.36. The third kappa shape index (κ3) is 5.78. The van der Waals surface area contributed by atoms with E-state index in [1.54, 1.807) is 0 Å². The molecule has 0 aromatic heterocycles. The highest BCUT2D eigenvalue weighted by atomic mass is 32.2. The molecule has 2 aliphatic rings. The van der Waals surface area contributed by atoms with Crippen LogP contribution in [0.4, 0.5) is 9.59 Å². The maximum absolute atomic E-state index is 11.7. The lowest BCUT2D eigenvalue weighted by atomic mass is 10.0. The molecule has 2 rings (SSSR count). The molecule has 0 radical (unpaired) electrons. The van der Waals surface area contributed by atoms with Crippen LogP contribution in [0.2, 0.25) is 0 Å². The molecule has 5 heteroatoms. The molecule has 0 atom stereocenters. The van der Waals surface area contributed by atoms with Gasteiger partial charge in [0.25, 0.3) is 0 Å². The second kappa shape index (κ2) is 8.20. The summed E-state index contributed by atoms with van der Waals surface area (Å²) in [6.45, 7) is 0. The highest BCUT2D eigenvalue weighted by Crippen LogP contribution is 2.32. The molecular formula is C14H22O3S2. The van der Waals surface area contributed by atoms with Gasteiger partial charge in [-0.15, -0.1) is 0 Å². The topological polar surface area (TPSA) is 43.4 Å². The van der Waals surface area contributed by atoms with Crippen LogP contribution in [0.3, 0.4) is 0 Å². The van der Waals surface area contributed by atoms with Crippen LogP contribution in [-0.2, 0) is 4.74 Å². The van der Waals surface area contributed by atoms with Crippen LogP contribution in [0.1, 0.15) is 64.2 Å². The van der Waals surface area contributed by atoms with E-state index in [0.29, 0.717) is 10.5 Å². The van der Waals surface area contributed by atoms with E-state index in [-0.39, 0.29) is 0 Å². The number of rotatable bonds is 2. The van der Waals surface area contributed by atoms with Crippen molar-refractivity contribution in [1.82, 2.24) is 0 Å². The van der Waals surface area contributed by atoms with E-state index in [2.05, 4.69) is 0 Å². The van der Waals surface area contributed by atoms with Gasteiger partial charge in [0.2, 0.25) is 0 Å². The first kappa shape index (κ1) is 15.2. The van der Waals surface area contributed by atoms with Crippen molar-refractivity contribution < 1.29 is 14.3 Å². The summed E-state index contributed by atoms with van der Waals surface area (Å²) in [6, 6.07) is 0. The zero-order valence-corrected chi connectivity index (χ0v) is 12.9. The molecule has 0 spiro atoms. The number of hydrogen-bond donors (Lipinski definition) is 0. The number of carbonyl (C=O) groups is 2. The molecule has 0 aromatic rings. The number of thioether (sulfide) groups is 2. The Morgan fingerprint density at radius 2 is 1.05 bits per heavy atom. The van der Waals surface area contributed by atoms with Gasteiger partial charge in [-0.1, -0.05) is 38.5 Å². The van der Waals surface area contributed by atoms with Crippen LogP contribution in [0, 0.1) is 0 Å². The minimum atomic E-state index is -0.403. The molecular weight excluding hydrogens is 280 g/mol. The van der Waals surface area contributed by atoms with Crippen LogP contribution in [0.15, 0.2) is 0 Å². The van der Waals surface area contributed by atoms with Gasteiger partial charge >= 0.3 is 10.6 Å². The minimum absolute atomic E-state index is 0.355. The average molecular weight is 302 g/mol. The molecule has 0 saturated heterocycles. The van der Waals surface area contributed by atoms with E-state index in [1.807, 2.05) is 0 Å². The summed E-state index contributed by atoms with van der Waals surface area (Å²) in [5.74, 6) is 0. The Bertz CT molecular complexity index is 278. The van der Waals surface area contributed by atoms with Crippen molar-refractivity contribution in [2.75, 3.05) is 0 Å². The normalized spacial score (nSPS) is 22.1. The van der Waals surface area contributed by atoms with Gasteiger partial charge in [0.05, 0.1) is 0 Å². The largest absolute Gasteiger partial charge is 0.376 e. The number of hydrogen-bond acceptors (Lipinski definition) is 5. The lowest BCUT2D eigenvalue weighted by Crippen LogP contribution is -2.15. The summed E-state index contributed by atoms with van der Waals surface area (Å²) in [6.07, 6.45) is 11.6. The molecule has 0 aromatic carbocycles. The van der Waals surface area contributed by atoms with E-state index in [4.69, 9.17) is 4.74 Å². The Morgan fingerprint density at radius 1 is 0.684 bits per heavy atom. The molecule has 2 aliphatic carbocycles. The molecule has 0 aliphatic heterocycles. The van der Waals surface area contributed by atoms with E-state index in [0.717, 1.165) is 25.7 Å². The van der Waals surface area contributed by atoms with Crippen molar-refractivity contribution in [2.45, 2.75) is 74.7 Å². The van der Waals surface area contributed by atoms with Gasteiger partial charge in [0, 0.05) is 10.5 Å². The SMILES string of the molecule is O=C(OC(=O)SC1CCCCC1)SC1CCCCC1. The molecule has 0 bridgehead atoms. The van der Waals surface area contributed by atoms with Crippen molar-refractivity contribution in [2.24, 2.45) is 0 Å². The number of ether oxygens (including phenoxy) is 1. The third-order valence-electron chi connectivity index (χ3n) is 3.80. The van der Waals surface area contributed by atoms with E-state index < -0.39 is 10.6 Å². The van der Waals surface area contributed by atoms with Crippen LogP contribution in [0.5, 0.6) is 0 Å². The van der Waals surface area contributed by atoms with Crippen molar-refractivity contribution >= 4 is 34.1 Å². The highest BCUT2D eigenvalue weighted by Gasteiger charge is 2.23. The van der Waals surface area contributed by atoms with Crippen molar-refractivity contribution in [3.05, 3.63) is 0 Å². The fourth-order valence-electron chi connectivity index (χ4n) is 2.75. The van der Waals surface area contributed by atoms with Crippen molar-refractivity contribution in [3.63, 3.8) is 0 Å². The predicted molar refractivity (Wildman–Crippen MR) is 80.8 cm³/mol. The predicted octanol–water partition coefficient (Wildman–Crippen LogP) is 5.37. The fourth-order valence-corrected chi connectivity index (χ4v) is 4.74. The van der Waals surface area contributed by atoms with Crippen molar-refractivity contribution in [3.8, 4) is 0 Å². The summed E-state index contributed by atoms with van der Waals surface area (Å²) in [5, 5.41) is -0.0946. The molecule has 0 unspecified atom stereocenters. The summed E-state index contributed by atoms with van der Waals surface area (Å²) < 4.78 is 4.90. The Morgan fingerprint density at radius 3 is 1.42 bits per heavy atom. The smallest absolute Gasteiger partial charge is 0.375 e. The van der Waals surface area contributed by atoms with Gasteiger partial charge in [-0.05, 0) is 49.2 Å². The Hall–Kier alpha value is -0.160. The lowest BCUT2D eigenvalue weighted by Gasteiger charge is -2.20. The molecule has 0 N–H and O–H groups in total. The lowest BCUT2D eigenvalue weighted by molar-refractivity contribution is 0.186. The standard InChI is InChI=1S/C14H22O3S2/c15-13(18-11-7-3-1-4-8-11)17-14(16)19-12-9-5-2-6-10-12/h11-12H,1-10H2. The first-order valence-electron chi connectivity index (χ1n) is 7.33. The molecule has 2 fully saturated rings. The summed E-state index contributed by atoms with van der Waals surface area (Å²) >= 11 is 2.43. The van der Waals surface area contributed by atoms with E-state index >= 15 is 0 Å². The number of carbonyl (C=O) groups excluding carboxylic acids is 2. The quantitative estimate of drug-likeness (QED) is 0.506. The molecule has 108 valence electrons. The maximum atomic E-state index is 11.7. The van der Waals surface area contributed by atoms with E-state index in [1.165, 1.54) is 62.0 Å². The van der Waals surface area contributed by atoms with Gasteiger partial charge in [-0.25, -0.2) is 9.59 Å². The fraction of sp³-hybridized carbons (Fsp3) is 0.857. The van der Waals surface area contributed by atoms with Gasteiger partial charge in [-0.3, -0.25) is 0 Å². The molecule has 19 heavy (non-hydrogen) atoms. The Labute approximate surface area is 123 Å². The first-order valence-corrected chi connectivity index (χ1v) is 9.09. The van der Waals surface area contributed by atoms with Gasteiger partial charge in [0.1, 0.15) is 0 Å². The summed E-state index contributed by atoms with van der Waals surface area (Å²) in [5.41, 5.74) is 0. The van der Waals surface area contributed by atoms with Crippen LogP contribution in [-0.4, -0.2) is 21.1 Å². The Kier molecular flexibility index (Phi) is 6.57. The van der Waals surface area contributed by atoms with Crippen molar-refractivity contribution in [1.29, 1.82) is 0 Å². The van der Waals surface area contributed by atoms with Gasteiger partial charge < -0.3 is 4.74 Å². The Balaban J connectivity index is 1.64. The zero-order chi connectivity index (χ0) is 13.5. The van der Waals surface area contributed by atoms with E-state index in [9.17, 15) is 9.59 Å². The van der Waals surface area contributed by atoms with Gasteiger partial charge in [-0.2, -0.15) is 0 Å². The van der Waals surface area contributed by atoms with Crippen LogP contribution >= 0.6 is 23.5 Å². The monoisotopic (exact) mass is 302 g/mol. The van der Waals surface area contributed by atoms with Gasteiger partial charge in [0.15, 0.2) is 0 Å². The minimum Gasteiger partial charge on any atom is -0.376 e. The highest BCUT2D eigenvalue weighted by molar-refractivity contribution is 8.15. The third-order valence-corrected chi connectivity index (χ3v) is 5.96. The molecule has 0 heterocycles. The average Bonchev–Trinajstić information content (AvgIpc) is 2.40. The summed E-state index contributed by atoms with van der Waals surface area (Å²) in [4.78, 5) is 23.3. The first-order chi connectivity index (χ1) is 9.24. The van der Waals surface area contributed by atoms with Crippen LogP contribution < -0.4 is 0 Å². The maximum Gasteiger partial charge on any atom is 0.375 e. The molecule has 3 nitrogen and oxygen atoms in total. The summed E-state index contributed by atoms with van der Waals surface area (Å²) in [7, 11) is 0. The second-order valence-corrected chi connectivity index (χ2v) is 7.83. The zero-order valence-electron chi connectivity index (χ0n) is 11.3.